The van der Waals surface area contributed by atoms with Crippen LogP contribution < -0.4 is 16.8 Å². The Morgan fingerprint density at radius 1 is 1.57 bits per heavy atom. The molecule has 1 saturated carbocycles. The first-order chi connectivity index (χ1) is 6.43. The van der Waals surface area contributed by atoms with E-state index in [1.807, 2.05) is 0 Å². The molecule has 0 bridgehead atoms. The first-order valence-corrected chi connectivity index (χ1v) is 4.49. The van der Waals surface area contributed by atoms with Gasteiger partial charge in [-0.15, -0.1) is 0 Å². The Morgan fingerprint density at radius 2 is 2.07 bits per heavy atom. The number of hydrogen-bond acceptors (Lipinski definition) is 3. The van der Waals surface area contributed by atoms with Crippen LogP contribution in [-0.4, -0.2) is 29.1 Å². The van der Waals surface area contributed by atoms with Gasteiger partial charge < -0.3 is 21.9 Å². The molecule has 0 spiro atoms. The average Bonchev–Trinajstić information content (AvgIpc) is 2.34. The lowest BCUT2D eigenvalue weighted by molar-refractivity contribution is -0.134. The van der Waals surface area contributed by atoms with Crippen LogP contribution in [0.2, 0.25) is 0 Å². The van der Waals surface area contributed by atoms with Crippen molar-refractivity contribution in [2.75, 3.05) is 0 Å². The minimum atomic E-state index is -0.833. The summed E-state index contributed by atoms with van der Waals surface area (Å²) in [5.41, 5.74) is 10.9. The number of carboxylic acids is 1. The predicted octanol–water partition coefficient (Wildman–Crippen LogP) is -0.560. The fourth-order valence-corrected chi connectivity index (χ4v) is 1.37. The quantitative estimate of drug-likeness (QED) is 0.288. The lowest BCUT2D eigenvalue weighted by Gasteiger charge is -2.16. The third-order valence-electron chi connectivity index (χ3n) is 1.91. The van der Waals surface area contributed by atoms with Crippen molar-refractivity contribution in [1.82, 2.24) is 5.32 Å². The molecule has 1 aliphatic carbocycles. The lowest BCUT2D eigenvalue weighted by atomic mass is 10.2. The largest absolute Gasteiger partial charge is 0.481 e. The maximum Gasteiger partial charge on any atom is 0.300 e. The topological polar surface area (TPSA) is 125 Å². The Balaban J connectivity index is 0.000000364. The second-order valence-electron chi connectivity index (χ2n) is 3.28. The summed E-state index contributed by atoms with van der Waals surface area (Å²) in [5.74, 6) is -0.803. The summed E-state index contributed by atoms with van der Waals surface area (Å²) in [6.45, 7) is 1.08. The average molecular weight is 202 g/mol. The smallest absolute Gasteiger partial charge is 0.300 e. The van der Waals surface area contributed by atoms with Crippen molar-refractivity contribution < 1.29 is 9.90 Å². The Hall–Kier alpha value is -1.30. The number of rotatable bonds is 1. The molecule has 0 aliphatic heterocycles. The molecule has 2 atom stereocenters. The molecule has 0 aromatic carbocycles. The summed E-state index contributed by atoms with van der Waals surface area (Å²) in [5, 5.41) is 17.2. The zero-order valence-corrected chi connectivity index (χ0v) is 8.29. The van der Waals surface area contributed by atoms with Crippen LogP contribution in [0.25, 0.3) is 0 Å². The SMILES string of the molecule is CC(=O)O.N=C(N)NC1CCCC1N. The zero-order chi connectivity index (χ0) is 11.1. The summed E-state index contributed by atoms with van der Waals surface area (Å²) in [6.07, 6.45) is 3.23. The van der Waals surface area contributed by atoms with Crippen LogP contribution in [0.15, 0.2) is 0 Å². The van der Waals surface area contributed by atoms with Crippen molar-refractivity contribution in [2.45, 2.75) is 38.3 Å². The molecule has 0 radical (unpaired) electrons. The van der Waals surface area contributed by atoms with Gasteiger partial charge in [-0.1, -0.05) is 0 Å². The highest BCUT2D eigenvalue weighted by Gasteiger charge is 2.23. The van der Waals surface area contributed by atoms with E-state index in [4.69, 9.17) is 26.8 Å². The fraction of sp³-hybridized carbons (Fsp3) is 0.750. The Morgan fingerprint density at radius 3 is 2.36 bits per heavy atom. The number of hydrogen-bond donors (Lipinski definition) is 5. The van der Waals surface area contributed by atoms with E-state index in [1.165, 1.54) is 0 Å². The maximum atomic E-state index is 9.00. The molecule has 1 rings (SSSR count). The van der Waals surface area contributed by atoms with E-state index >= 15 is 0 Å². The highest BCUT2D eigenvalue weighted by Crippen LogP contribution is 2.16. The lowest BCUT2D eigenvalue weighted by Crippen LogP contribution is -2.46. The van der Waals surface area contributed by atoms with Crippen LogP contribution in [0.3, 0.4) is 0 Å². The van der Waals surface area contributed by atoms with E-state index < -0.39 is 5.97 Å². The van der Waals surface area contributed by atoms with E-state index in [9.17, 15) is 0 Å². The molecule has 1 aliphatic rings. The summed E-state index contributed by atoms with van der Waals surface area (Å²) in [4.78, 5) is 9.00. The van der Waals surface area contributed by atoms with Gasteiger partial charge in [0.15, 0.2) is 5.96 Å². The molecule has 14 heavy (non-hydrogen) atoms. The maximum absolute atomic E-state index is 9.00. The third-order valence-corrected chi connectivity index (χ3v) is 1.91. The number of carboxylic acid groups (broad SMARTS) is 1. The predicted molar refractivity (Wildman–Crippen MR) is 54.0 cm³/mol. The van der Waals surface area contributed by atoms with Crippen molar-refractivity contribution in [1.29, 1.82) is 5.41 Å². The second-order valence-corrected chi connectivity index (χ2v) is 3.28. The molecule has 6 heteroatoms. The van der Waals surface area contributed by atoms with Gasteiger partial charge in [-0.3, -0.25) is 10.2 Å². The van der Waals surface area contributed by atoms with Gasteiger partial charge in [-0.2, -0.15) is 0 Å². The highest BCUT2D eigenvalue weighted by atomic mass is 16.4. The summed E-state index contributed by atoms with van der Waals surface area (Å²) in [6, 6.07) is 0.418. The molecule has 2 unspecified atom stereocenters. The van der Waals surface area contributed by atoms with Gasteiger partial charge in [-0.25, -0.2) is 0 Å². The Bertz CT molecular complexity index is 204. The van der Waals surface area contributed by atoms with Gasteiger partial charge in [0.2, 0.25) is 0 Å². The number of nitrogens with one attached hydrogen (secondary N) is 2. The van der Waals surface area contributed by atoms with E-state index in [0.29, 0.717) is 0 Å². The normalized spacial score (nSPS) is 24.7. The molecule has 0 aromatic heterocycles. The molecular weight excluding hydrogens is 184 g/mol. The first-order valence-electron chi connectivity index (χ1n) is 4.49. The molecule has 1 fully saturated rings. The van der Waals surface area contributed by atoms with Crippen LogP contribution in [0.5, 0.6) is 0 Å². The van der Waals surface area contributed by atoms with Gasteiger partial charge in [0.05, 0.1) is 0 Å². The standard InChI is InChI=1S/C6H14N4.C2H4O2/c7-4-2-1-3-5(4)10-6(8)9;1-2(3)4/h4-5H,1-3,7H2,(H4,8,9,10);1H3,(H,3,4). The number of carbonyl (C=O) groups is 1. The van der Waals surface area contributed by atoms with Crippen LogP contribution >= 0.6 is 0 Å². The fourth-order valence-electron chi connectivity index (χ4n) is 1.37. The van der Waals surface area contributed by atoms with Crippen LogP contribution in [0.1, 0.15) is 26.2 Å². The van der Waals surface area contributed by atoms with E-state index in [2.05, 4.69) is 5.32 Å². The molecule has 82 valence electrons. The molecule has 7 N–H and O–H groups in total. The summed E-state index contributed by atoms with van der Waals surface area (Å²) >= 11 is 0. The number of nitrogens with two attached hydrogens (primary N) is 2. The molecular formula is C8H18N4O2. The van der Waals surface area contributed by atoms with Gasteiger partial charge in [-0.05, 0) is 19.3 Å². The Kier molecular flexibility index (Phi) is 5.62. The van der Waals surface area contributed by atoms with E-state index in [1.54, 1.807) is 0 Å². The number of guanidine groups is 1. The molecule has 0 saturated heterocycles. The first kappa shape index (κ1) is 12.7. The Labute approximate surface area is 83.2 Å². The van der Waals surface area contributed by atoms with Gasteiger partial charge in [0, 0.05) is 19.0 Å². The van der Waals surface area contributed by atoms with Gasteiger partial charge in [0.1, 0.15) is 0 Å². The van der Waals surface area contributed by atoms with Crippen LogP contribution in [0.4, 0.5) is 0 Å². The van der Waals surface area contributed by atoms with Gasteiger partial charge in [0.25, 0.3) is 5.97 Å². The molecule has 0 aromatic rings. The van der Waals surface area contributed by atoms with Crippen LogP contribution in [0, 0.1) is 5.41 Å². The van der Waals surface area contributed by atoms with E-state index in [-0.39, 0.29) is 18.0 Å². The second kappa shape index (κ2) is 6.20. The van der Waals surface area contributed by atoms with Crippen LogP contribution in [-0.2, 0) is 4.79 Å². The highest BCUT2D eigenvalue weighted by molar-refractivity contribution is 5.74. The molecule has 6 nitrogen and oxygen atoms in total. The summed E-state index contributed by atoms with van der Waals surface area (Å²) in [7, 11) is 0. The molecule has 0 amide bonds. The van der Waals surface area contributed by atoms with E-state index in [0.717, 1.165) is 26.2 Å². The minimum Gasteiger partial charge on any atom is -0.481 e. The zero-order valence-electron chi connectivity index (χ0n) is 8.29. The minimum absolute atomic E-state index is 0.0300. The third kappa shape index (κ3) is 6.24. The van der Waals surface area contributed by atoms with Crippen molar-refractivity contribution in [3.05, 3.63) is 0 Å². The van der Waals surface area contributed by atoms with Crippen molar-refractivity contribution in [2.24, 2.45) is 11.5 Å². The van der Waals surface area contributed by atoms with Crippen molar-refractivity contribution in [3.8, 4) is 0 Å². The molecule has 0 heterocycles. The van der Waals surface area contributed by atoms with Crippen molar-refractivity contribution in [3.63, 3.8) is 0 Å². The van der Waals surface area contributed by atoms with Gasteiger partial charge >= 0.3 is 0 Å². The number of aliphatic carboxylic acids is 1. The van der Waals surface area contributed by atoms with Crippen molar-refractivity contribution >= 4 is 11.9 Å². The summed E-state index contributed by atoms with van der Waals surface area (Å²) < 4.78 is 0. The monoisotopic (exact) mass is 202 g/mol.